The summed E-state index contributed by atoms with van der Waals surface area (Å²) >= 11 is 0. The van der Waals surface area contributed by atoms with E-state index in [0.717, 1.165) is 12.0 Å². The number of hydrogen-bond donors (Lipinski definition) is 1. The van der Waals surface area contributed by atoms with Crippen molar-refractivity contribution in [3.63, 3.8) is 0 Å². The molecule has 3 aliphatic rings. The summed E-state index contributed by atoms with van der Waals surface area (Å²) in [6.07, 6.45) is 10.1. The zero-order valence-electron chi connectivity index (χ0n) is 10.6. The minimum absolute atomic E-state index is 0.398. The first-order chi connectivity index (χ1) is 7.69. The zero-order chi connectivity index (χ0) is 11.2. The molecule has 0 spiro atoms. The number of piperazine rings is 1. The Morgan fingerprint density at radius 1 is 1.25 bits per heavy atom. The van der Waals surface area contributed by atoms with Gasteiger partial charge in [-0.3, -0.25) is 4.90 Å². The lowest BCUT2D eigenvalue weighted by Crippen LogP contribution is -2.65. The molecule has 2 atom stereocenters. The van der Waals surface area contributed by atoms with Crippen LogP contribution in [0.25, 0.3) is 0 Å². The summed E-state index contributed by atoms with van der Waals surface area (Å²) in [5.74, 6) is 0.942. The van der Waals surface area contributed by atoms with E-state index in [9.17, 15) is 0 Å². The highest BCUT2D eigenvalue weighted by Crippen LogP contribution is 2.42. The number of nitrogens with one attached hydrogen (secondary N) is 1. The van der Waals surface area contributed by atoms with Crippen LogP contribution in [0.4, 0.5) is 0 Å². The van der Waals surface area contributed by atoms with Crippen molar-refractivity contribution in [3.05, 3.63) is 12.2 Å². The van der Waals surface area contributed by atoms with Gasteiger partial charge in [-0.15, -0.1) is 0 Å². The van der Waals surface area contributed by atoms with Gasteiger partial charge in [0.05, 0.1) is 0 Å². The molecule has 2 aliphatic carbocycles. The highest BCUT2D eigenvalue weighted by molar-refractivity contribution is 5.07. The second-order valence-corrected chi connectivity index (χ2v) is 6.19. The molecular weight excluding hydrogens is 196 g/mol. The van der Waals surface area contributed by atoms with Gasteiger partial charge < -0.3 is 5.32 Å². The van der Waals surface area contributed by atoms with Crippen LogP contribution in [0.15, 0.2) is 12.2 Å². The highest BCUT2D eigenvalue weighted by atomic mass is 15.3. The number of hydrogen-bond acceptors (Lipinski definition) is 2. The predicted octanol–water partition coefficient (Wildman–Crippen LogP) is 2.17. The quantitative estimate of drug-likeness (QED) is 0.718. The Labute approximate surface area is 99.1 Å². The monoisotopic (exact) mass is 220 g/mol. The molecule has 0 aromatic rings. The second-order valence-electron chi connectivity index (χ2n) is 6.19. The predicted molar refractivity (Wildman–Crippen MR) is 67.5 cm³/mol. The van der Waals surface area contributed by atoms with Crippen LogP contribution < -0.4 is 5.32 Å². The molecule has 2 unspecified atom stereocenters. The van der Waals surface area contributed by atoms with Gasteiger partial charge in [0.15, 0.2) is 0 Å². The molecule has 2 fully saturated rings. The van der Waals surface area contributed by atoms with E-state index in [4.69, 9.17) is 0 Å². The SMILES string of the molecule is CC1CNC(C)(C2CC2)CN1C1CC=CC1. The van der Waals surface area contributed by atoms with Gasteiger partial charge >= 0.3 is 0 Å². The Hall–Kier alpha value is -0.340. The molecule has 1 N–H and O–H groups in total. The van der Waals surface area contributed by atoms with Gasteiger partial charge in [0.2, 0.25) is 0 Å². The highest BCUT2D eigenvalue weighted by Gasteiger charge is 2.46. The van der Waals surface area contributed by atoms with E-state index in [2.05, 4.69) is 36.2 Å². The molecule has 2 nitrogen and oxygen atoms in total. The summed E-state index contributed by atoms with van der Waals surface area (Å²) in [5.41, 5.74) is 0.398. The van der Waals surface area contributed by atoms with E-state index < -0.39 is 0 Å². The molecule has 0 radical (unpaired) electrons. The van der Waals surface area contributed by atoms with Gasteiger partial charge in [0, 0.05) is 30.7 Å². The molecule has 1 saturated carbocycles. The van der Waals surface area contributed by atoms with Crippen LogP contribution in [-0.4, -0.2) is 35.6 Å². The van der Waals surface area contributed by atoms with E-state index >= 15 is 0 Å². The van der Waals surface area contributed by atoms with Gasteiger partial charge in [-0.1, -0.05) is 12.2 Å². The number of rotatable bonds is 2. The van der Waals surface area contributed by atoms with Crippen molar-refractivity contribution in [3.8, 4) is 0 Å². The van der Waals surface area contributed by atoms with Crippen molar-refractivity contribution < 1.29 is 0 Å². The van der Waals surface area contributed by atoms with E-state index in [0.29, 0.717) is 11.6 Å². The molecule has 0 aromatic heterocycles. The van der Waals surface area contributed by atoms with E-state index in [1.165, 1.54) is 38.8 Å². The van der Waals surface area contributed by atoms with Crippen molar-refractivity contribution in [1.82, 2.24) is 10.2 Å². The minimum atomic E-state index is 0.398. The van der Waals surface area contributed by atoms with Gasteiger partial charge in [0.25, 0.3) is 0 Å². The molecule has 2 heteroatoms. The minimum Gasteiger partial charge on any atom is -0.308 e. The summed E-state index contributed by atoms with van der Waals surface area (Å²) in [6.45, 7) is 7.23. The molecule has 0 amide bonds. The molecule has 1 saturated heterocycles. The van der Waals surface area contributed by atoms with Crippen LogP contribution in [0.5, 0.6) is 0 Å². The third kappa shape index (κ3) is 1.82. The van der Waals surface area contributed by atoms with Gasteiger partial charge in [-0.2, -0.15) is 0 Å². The lowest BCUT2D eigenvalue weighted by atomic mass is 9.90. The fourth-order valence-electron chi connectivity index (χ4n) is 3.45. The van der Waals surface area contributed by atoms with Crippen molar-refractivity contribution in [2.75, 3.05) is 13.1 Å². The Kier molecular flexibility index (Phi) is 2.60. The maximum atomic E-state index is 3.80. The largest absolute Gasteiger partial charge is 0.308 e. The second kappa shape index (κ2) is 3.85. The summed E-state index contributed by atoms with van der Waals surface area (Å²) in [7, 11) is 0. The van der Waals surface area contributed by atoms with Gasteiger partial charge in [-0.05, 0) is 45.4 Å². The fourth-order valence-corrected chi connectivity index (χ4v) is 3.45. The lowest BCUT2D eigenvalue weighted by Gasteiger charge is -2.48. The molecular formula is C14H24N2. The molecule has 16 heavy (non-hydrogen) atoms. The van der Waals surface area contributed by atoms with E-state index in [1.54, 1.807) is 0 Å². The Morgan fingerprint density at radius 3 is 2.56 bits per heavy atom. The lowest BCUT2D eigenvalue weighted by molar-refractivity contribution is 0.0501. The Balaban J connectivity index is 1.70. The van der Waals surface area contributed by atoms with Crippen LogP contribution in [0.3, 0.4) is 0 Å². The van der Waals surface area contributed by atoms with E-state index in [1.807, 2.05) is 0 Å². The standard InChI is InChI=1S/C14H24N2/c1-11-9-15-14(2,12-7-8-12)10-16(11)13-5-3-4-6-13/h3-4,11-13,15H,5-10H2,1-2H3. The Morgan fingerprint density at radius 2 is 1.94 bits per heavy atom. The molecule has 0 bridgehead atoms. The van der Waals surface area contributed by atoms with Gasteiger partial charge in [0.1, 0.15) is 0 Å². The first-order valence-electron chi connectivity index (χ1n) is 6.85. The molecule has 1 aliphatic heterocycles. The average molecular weight is 220 g/mol. The first kappa shape index (κ1) is 10.8. The molecule has 0 aromatic carbocycles. The normalized spacial score (nSPS) is 41.8. The molecule has 3 rings (SSSR count). The third-order valence-corrected chi connectivity index (χ3v) is 4.81. The third-order valence-electron chi connectivity index (χ3n) is 4.81. The zero-order valence-corrected chi connectivity index (χ0v) is 10.6. The summed E-state index contributed by atoms with van der Waals surface area (Å²) in [5, 5.41) is 3.80. The van der Waals surface area contributed by atoms with Crippen LogP contribution in [0, 0.1) is 5.92 Å². The molecule has 90 valence electrons. The maximum Gasteiger partial charge on any atom is 0.0309 e. The summed E-state index contributed by atoms with van der Waals surface area (Å²) in [6, 6.07) is 1.49. The van der Waals surface area contributed by atoms with Crippen LogP contribution in [0.2, 0.25) is 0 Å². The van der Waals surface area contributed by atoms with E-state index in [-0.39, 0.29) is 0 Å². The fraction of sp³-hybridized carbons (Fsp3) is 0.857. The van der Waals surface area contributed by atoms with Crippen LogP contribution in [-0.2, 0) is 0 Å². The van der Waals surface area contributed by atoms with Crippen molar-refractivity contribution >= 4 is 0 Å². The summed E-state index contributed by atoms with van der Waals surface area (Å²) in [4.78, 5) is 2.76. The van der Waals surface area contributed by atoms with Gasteiger partial charge in [-0.25, -0.2) is 0 Å². The Bertz CT molecular complexity index is 287. The molecule has 1 heterocycles. The van der Waals surface area contributed by atoms with Crippen LogP contribution in [0.1, 0.15) is 39.5 Å². The summed E-state index contributed by atoms with van der Waals surface area (Å²) < 4.78 is 0. The topological polar surface area (TPSA) is 15.3 Å². The number of nitrogens with zero attached hydrogens (tertiary/aromatic N) is 1. The van der Waals surface area contributed by atoms with Crippen molar-refractivity contribution in [2.45, 2.75) is 57.2 Å². The smallest absolute Gasteiger partial charge is 0.0309 e. The average Bonchev–Trinajstić information content (AvgIpc) is 3.00. The van der Waals surface area contributed by atoms with Crippen molar-refractivity contribution in [2.24, 2.45) is 5.92 Å². The first-order valence-corrected chi connectivity index (χ1v) is 6.85. The maximum absolute atomic E-state index is 3.80. The van der Waals surface area contributed by atoms with Crippen LogP contribution >= 0.6 is 0 Å². The van der Waals surface area contributed by atoms with Crippen molar-refractivity contribution in [1.29, 1.82) is 0 Å².